The zero-order valence-corrected chi connectivity index (χ0v) is 25.3. The fourth-order valence-corrected chi connectivity index (χ4v) is 5.77. The van der Waals surface area contributed by atoms with Crippen LogP contribution in [0.5, 0.6) is 5.75 Å². The average molecular weight is 611 g/mol. The molecule has 0 saturated carbocycles. The summed E-state index contributed by atoms with van der Waals surface area (Å²) in [6.45, 7) is 1.60. The van der Waals surface area contributed by atoms with Crippen molar-refractivity contribution >= 4 is 17.0 Å². The number of methoxy groups -OCH3 is 2. The fraction of sp³-hybridized carbons (Fsp3) is 0.324. The Balaban J connectivity index is 1.32. The Morgan fingerprint density at radius 3 is 2.24 bits per heavy atom. The third-order valence-electron chi connectivity index (χ3n) is 8.08. The standard InChI is InChI=1S/C34H38N6O5/c1-43-20-27-30(41)31(42)34(45-27)40-21-37-29-32(36-18-25(22-11-5-3-6-12-22)23-13-7-4-8-14-23)38-28(39-33(29)40)19-35-17-24-15-9-10-16-26(24)44-2/h3-16,21,25,27,30-31,34-35,41-42H,17-20H2,1-2H3,(H,36,38,39)/t27-,30?,31?,34?/m1/s1. The van der Waals surface area contributed by atoms with E-state index >= 15 is 0 Å². The molecule has 1 fully saturated rings. The zero-order valence-electron chi connectivity index (χ0n) is 25.3. The molecule has 0 radical (unpaired) electrons. The molecule has 234 valence electrons. The van der Waals surface area contributed by atoms with Crippen LogP contribution >= 0.6 is 0 Å². The van der Waals surface area contributed by atoms with Crippen LogP contribution in [0.15, 0.2) is 91.3 Å². The normalized spacial score (nSPS) is 19.8. The van der Waals surface area contributed by atoms with Crippen LogP contribution in [-0.2, 0) is 22.6 Å². The van der Waals surface area contributed by atoms with Crippen LogP contribution in [0.1, 0.15) is 34.7 Å². The first-order chi connectivity index (χ1) is 22.1. The van der Waals surface area contributed by atoms with Crippen molar-refractivity contribution in [3.63, 3.8) is 0 Å². The van der Waals surface area contributed by atoms with Crippen molar-refractivity contribution < 1.29 is 24.4 Å². The second kappa shape index (κ2) is 14.1. The van der Waals surface area contributed by atoms with Crippen molar-refractivity contribution in [2.24, 2.45) is 0 Å². The van der Waals surface area contributed by atoms with Gasteiger partial charge in [-0.05, 0) is 17.2 Å². The smallest absolute Gasteiger partial charge is 0.168 e. The van der Waals surface area contributed by atoms with Crippen LogP contribution in [0, 0.1) is 0 Å². The molecule has 1 saturated heterocycles. The third-order valence-corrected chi connectivity index (χ3v) is 8.08. The van der Waals surface area contributed by atoms with Crippen molar-refractivity contribution in [3.05, 3.63) is 114 Å². The van der Waals surface area contributed by atoms with Gasteiger partial charge in [0.2, 0.25) is 0 Å². The molecule has 5 aromatic rings. The first-order valence-corrected chi connectivity index (χ1v) is 15.0. The van der Waals surface area contributed by atoms with Gasteiger partial charge in [-0.3, -0.25) is 4.57 Å². The van der Waals surface area contributed by atoms with Crippen LogP contribution in [0.3, 0.4) is 0 Å². The molecule has 11 nitrogen and oxygen atoms in total. The second-order valence-electron chi connectivity index (χ2n) is 11.0. The number of nitrogens with zero attached hydrogens (tertiary/aromatic N) is 4. The van der Waals surface area contributed by atoms with Gasteiger partial charge >= 0.3 is 0 Å². The highest BCUT2D eigenvalue weighted by atomic mass is 16.6. The maximum atomic E-state index is 10.9. The molecule has 0 amide bonds. The molecule has 11 heteroatoms. The van der Waals surface area contributed by atoms with Gasteiger partial charge in [0.05, 0.1) is 26.6 Å². The molecule has 2 aromatic heterocycles. The Bertz CT molecular complexity index is 1650. The van der Waals surface area contributed by atoms with E-state index in [9.17, 15) is 10.2 Å². The van der Waals surface area contributed by atoms with Gasteiger partial charge in [-0.1, -0.05) is 78.9 Å². The van der Waals surface area contributed by atoms with E-state index in [1.807, 2.05) is 60.7 Å². The van der Waals surface area contributed by atoms with E-state index in [1.54, 1.807) is 18.0 Å². The van der Waals surface area contributed by atoms with Crippen LogP contribution in [0.25, 0.3) is 11.2 Å². The molecular formula is C34H38N6O5. The lowest BCUT2D eigenvalue weighted by atomic mass is 9.91. The SMILES string of the molecule is COC[C@H]1OC(n2cnc3c(NCC(c4ccccc4)c4ccccc4)nc(CNCc4ccccc4OC)nc32)C(O)C1O. The van der Waals surface area contributed by atoms with Gasteiger partial charge < -0.3 is 35.1 Å². The summed E-state index contributed by atoms with van der Waals surface area (Å²) < 4.78 is 18.4. The summed E-state index contributed by atoms with van der Waals surface area (Å²) in [5.41, 5.74) is 4.37. The Labute approximate surface area is 261 Å². The Hall–Kier alpha value is -4.39. The maximum Gasteiger partial charge on any atom is 0.168 e. The van der Waals surface area contributed by atoms with Gasteiger partial charge in [-0.25, -0.2) is 15.0 Å². The van der Waals surface area contributed by atoms with Crippen LogP contribution in [-0.4, -0.2) is 75.4 Å². The number of aliphatic hydroxyl groups excluding tert-OH is 2. The number of para-hydroxylation sites is 1. The second-order valence-corrected chi connectivity index (χ2v) is 11.0. The number of aromatic nitrogens is 4. The summed E-state index contributed by atoms with van der Waals surface area (Å²) in [6, 6.07) is 28.5. The Morgan fingerprint density at radius 2 is 1.56 bits per heavy atom. The van der Waals surface area contributed by atoms with Crippen LogP contribution in [0.4, 0.5) is 5.82 Å². The van der Waals surface area contributed by atoms with Crippen LogP contribution < -0.4 is 15.4 Å². The van der Waals surface area contributed by atoms with E-state index in [0.29, 0.717) is 42.4 Å². The van der Waals surface area contributed by atoms with E-state index in [0.717, 1.165) is 11.3 Å². The van der Waals surface area contributed by atoms with Gasteiger partial charge in [-0.15, -0.1) is 0 Å². The monoisotopic (exact) mass is 610 g/mol. The lowest BCUT2D eigenvalue weighted by Crippen LogP contribution is -2.33. The maximum absolute atomic E-state index is 10.9. The third kappa shape index (κ3) is 6.68. The zero-order chi connectivity index (χ0) is 31.2. The molecule has 4 atom stereocenters. The molecule has 0 spiro atoms. The summed E-state index contributed by atoms with van der Waals surface area (Å²) in [4.78, 5) is 14.4. The predicted molar refractivity (Wildman–Crippen MR) is 170 cm³/mol. The van der Waals surface area contributed by atoms with E-state index in [2.05, 4.69) is 39.9 Å². The number of ether oxygens (including phenoxy) is 3. The van der Waals surface area contributed by atoms with Gasteiger partial charge in [-0.2, -0.15) is 0 Å². The minimum absolute atomic E-state index is 0.0524. The number of rotatable bonds is 13. The van der Waals surface area contributed by atoms with Gasteiger partial charge in [0.25, 0.3) is 0 Å². The first kappa shape index (κ1) is 30.6. The molecule has 45 heavy (non-hydrogen) atoms. The van der Waals surface area contributed by atoms with Gasteiger partial charge in [0, 0.05) is 31.7 Å². The predicted octanol–water partition coefficient (Wildman–Crippen LogP) is 3.63. The lowest BCUT2D eigenvalue weighted by Gasteiger charge is -2.20. The summed E-state index contributed by atoms with van der Waals surface area (Å²) in [6.07, 6.45) is -2.33. The van der Waals surface area contributed by atoms with E-state index in [1.165, 1.54) is 18.2 Å². The van der Waals surface area contributed by atoms with E-state index < -0.39 is 24.5 Å². The molecule has 1 aliphatic rings. The van der Waals surface area contributed by atoms with Crippen molar-refractivity contribution in [2.45, 2.75) is 43.5 Å². The summed E-state index contributed by atoms with van der Waals surface area (Å²) >= 11 is 0. The molecule has 6 rings (SSSR count). The fourth-order valence-electron chi connectivity index (χ4n) is 5.77. The molecule has 0 aliphatic carbocycles. The van der Waals surface area contributed by atoms with Crippen molar-refractivity contribution in [3.8, 4) is 5.75 Å². The molecule has 0 bridgehead atoms. The lowest BCUT2D eigenvalue weighted by molar-refractivity contribution is -0.0580. The van der Waals surface area contributed by atoms with Gasteiger partial charge in [0.1, 0.15) is 29.9 Å². The number of hydrogen-bond donors (Lipinski definition) is 4. The number of nitrogens with one attached hydrogen (secondary N) is 2. The van der Waals surface area contributed by atoms with Crippen molar-refractivity contribution in [1.82, 2.24) is 24.8 Å². The highest BCUT2D eigenvalue weighted by Gasteiger charge is 2.44. The molecule has 3 heterocycles. The number of benzene rings is 3. The largest absolute Gasteiger partial charge is 0.496 e. The number of aliphatic hydroxyl groups is 2. The van der Waals surface area contributed by atoms with E-state index in [-0.39, 0.29) is 12.5 Å². The Morgan fingerprint density at radius 1 is 0.867 bits per heavy atom. The van der Waals surface area contributed by atoms with Crippen molar-refractivity contribution in [1.29, 1.82) is 0 Å². The van der Waals surface area contributed by atoms with Crippen LogP contribution in [0.2, 0.25) is 0 Å². The topological polar surface area (TPSA) is 136 Å². The first-order valence-electron chi connectivity index (χ1n) is 15.0. The number of hydrogen-bond acceptors (Lipinski definition) is 10. The minimum atomic E-state index is -1.19. The van der Waals surface area contributed by atoms with E-state index in [4.69, 9.17) is 24.2 Å². The summed E-state index contributed by atoms with van der Waals surface area (Å²) in [5, 5.41) is 28.5. The average Bonchev–Trinajstić information content (AvgIpc) is 3.62. The number of imidazole rings is 1. The molecule has 3 unspecified atom stereocenters. The summed E-state index contributed by atoms with van der Waals surface area (Å²) in [7, 11) is 3.18. The number of anilines is 1. The molecule has 1 aliphatic heterocycles. The summed E-state index contributed by atoms with van der Waals surface area (Å²) in [5.74, 6) is 1.94. The Kier molecular flexibility index (Phi) is 9.63. The molecule has 4 N–H and O–H groups in total. The quantitative estimate of drug-likeness (QED) is 0.157. The van der Waals surface area contributed by atoms with Crippen molar-refractivity contribution in [2.75, 3.05) is 32.7 Å². The number of fused-ring (bicyclic) bond motifs is 1. The molecule has 3 aromatic carbocycles. The molecular weight excluding hydrogens is 572 g/mol. The van der Waals surface area contributed by atoms with Gasteiger partial charge in [0.15, 0.2) is 23.2 Å². The highest BCUT2D eigenvalue weighted by molar-refractivity contribution is 5.83. The minimum Gasteiger partial charge on any atom is -0.496 e. The highest BCUT2D eigenvalue weighted by Crippen LogP contribution is 2.33.